The Kier molecular flexibility index (Phi) is 2.98. The summed E-state index contributed by atoms with van der Waals surface area (Å²) in [6.45, 7) is 0. The van der Waals surface area contributed by atoms with Crippen LogP contribution in [-0.4, -0.2) is 5.78 Å². The molecule has 0 atom stereocenters. The van der Waals surface area contributed by atoms with E-state index < -0.39 is 0 Å². The lowest BCUT2D eigenvalue weighted by atomic mass is 10.0. The predicted molar refractivity (Wildman–Crippen MR) is 62.9 cm³/mol. The lowest BCUT2D eigenvalue weighted by Crippen LogP contribution is -2.00. The summed E-state index contributed by atoms with van der Waals surface area (Å²) in [5.74, 6) is -0.0298. The Balaban J connectivity index is 2.26. The number of rotatable bonds is 3. The van der Waals surface area contributed by atoms with E-state index in [1.54, 1.807) is 0 Å². The zero-order chi connectivity index (χ0) is 11.4. The Morgan fingerprint density at radius 3 is 2.62 bits per heavy atom. The molecular formula is C14H11NO. The number of nitriles is 1. The first-order valence-corrected chi connectivity index (χ1v) is 5.16. The summed E-state index contributed by atoms with van der Waals surface area (Å²) >= 11 is 0. The Labute approximate surface area is 94.1 Å². The van der Waals surface area contributed by atoms with Gasteiger partial charge in [-0.05, 0) is 16.3 Å². The molecule has 0 amide bonds. The van der Waals surface area contributed by atoms with Crippen molar-refractivity contribution in [3.05, 3.63) is 48.0 Å². The van der Waals surface area contributed by atoms with Gasteiger partial charge in [0.1, 0.15) is 0 Å². The summed E-state index contributed by atoms with van der Waals surface area (Å²) in [6, 6.07) is 15.8. The minimum atomic E-state index is -0.0298. The summed E-state index contributed by atoms with van der Waals surface area (Å²) in [5, 5.41) is 10.7. The van der Waals surface area contributed by atoms with E-state index in [1.807, 2.05) is 48.5 Å². The number of Topliss-reactive ketones (excluding diaryl/α,β-unsaturated/α-hetero) is 1. The van der Waals surface area contributed by atoms with Crippen molar-refractivity contribution < 1.29 is 4.79 Å². The number of hydrogen-bond donors (Lipinski definition) is 0. The van der Waals surface area contributed by atoms with Gasteiger partial charge >= 0.3 is 0 Å². The van der Waals surface area contributed by atoms with Gasteiger partial charge in [-0.25, -0.2) is 0 Å². The van der Waals surface area contributed by atoms with E-state index in [1.165, 1.54) is 5.39 Å². The number of nitrogens with zero attached hydrogens (tertiary/aromatic N) is 1. The highest BCUT2D eigenvalue weighted by atomic mass is 16.1. The van der Waals surface area contributed by atoms with E-state index in [4.69, 9.17) is 5.26 Å². The molecule has 0 N–H and O–H groups in total. The third-order valence-corrected chi connectivity index (χ3v) is 2.49. The van der Waals surface area contributed by atoms with Crippen LogP contribution in [-0.2, 0) is 11.2 Å². The van der Waals surface area contributed by atoms with Gasteiger partial charge in [-0.3, -0.25) is 4.79 Å². The highest BCUT2D eigenvalue weighted by Gasteiger charge is 2.03. The van der Waals surface area contributed by atoms with Crippen molar-refractivity contribution in [1.29, 1.82) is 5.26 Å². The summed E-state index contributed by atoms with van der Waals surface area (Å²) in [4.78, 5) is 11.3. The lowest BCUT2D eigenvalue weighted by molar-refractivity contribution is -0.117. The average Bonchev–Trinajstić information content (AvgIpc) is 2.29. The molecule has 16 heavy (non-hydrogen) atoms. The second-order valence-corrected chi connectivity index (χ2v) is 3.73. The van der Waals surface area contributed by atoms with Crippen molar-refractivity contribution in [3.8, 4) is 6.07 Å². The molecule has 0 radical (unpaired) electrons. The van der Waals surface area contributed by atoms with Crippen LogP contribution < -0.4 is 0 Å². The van der Waals surface area contributed by atoms with Gasteiger partial charge in [0.2, 0.25) is 0 Å². The smallest absolute Gasteiger partial charge is 0.151 e. The maximum Gasteiger partial charge on any atom is 0.151 e. The van der Waals surface area contributed by atoms with Gasteiger partial charge in [0.15, 0.2) is 5.78 Å². The molecule has 0 aliphatic heterocycles. The number of hydrogen-bond acceptors (Lipinski definition) is 2. The number of ketones is 1. The molecule has 2 aromatic rings. The summed E-state index contributed by atoms with van der Waals surface area (Å²) in [6.07, 6.45) is 0.339. The predicted octanol–water partition coefficient (Wildman–Crippen LogP) is 2.87. The van der Waals surface area contributed by atoms with Gasteiger partial charge in [0, 0.05) is 6.42 Å². The van der Waals surface area contributed by atoms with Gasteiger partial charge < -0.3 is 0 Å². The minimum Gasteiger partial charge on any atom is -0.298 e. The molecule has 0 aliphatic carbocycles. The molecule has 0 unspecified atom stereocenters. The molecule has 2 aromatic carbocycles. The van der Waals surface area contributed by atoms with Crippen LogP contribution in [0.2, 0.25) is 0 Å². The van der Waals surface area contributed by atoms with E-state index in [2.05, 4.69) is 0 Å². The molecule has 0 heterocycles. The molecule has 0 aromatic heterocycles. The van der Waals surface area contributed by atoms with E-state index in [0.717, 1.165) is 10.9 Å². The summed E-state index contributed by atoms with van der Waals surface area (Å²) in [7, 11) is 0. The zero-order valence-corrected chi connectivity index (χ0v) is 8.81. The van der Waals surface area contributed by atoms with Crippen LogP contribution in [0, 0.1) is 11.3 Å². The quantitative estimate of drug-likeness (QED) is 0.779. The van der Waals surface area contributed by atoms with Gasteiger partial charge in [-0.2, -0.15) is 5.26 Å². The van der Waals surface area contributed by atoms with Crippen molar-refractivity contribution >= 4 is 16.6 Å². The highest BCUT2D eigenvalue weighted by molar-refractivity contribution is 5.86. The van der Waals surface area contributed by atoms with E-state index in [9.17, 15) is 4.79 Å². The topological polar surface area (TPSA) is 40.9 Å². The second kappa shape index (κ2) is 4.59. The highest BCUT2D eigenvalue weighted by Crippen LogP contribution is 2.16. The van der Waals surface area contributed by atoms with Crippen LogP contribution in [0.4, 0.5) is 0 Å². The zero-order valence-electron chi connectivity index (χ0n) is 8.81. The maximum absolute atomic E-state index is 11.3. The van der Waals surface area contributed by atoms with Gasteiger partial charge in [-0.1, -0.05) is 42.5 Å². The summed E-state index contributed by atoms with van der Waals surface area (Å²) in [5.41, 5.74) is 0.971. The fraction of sp³-hybridized carbons (Fsp3) is 0.143. The monoisotopic (exact) mass is 209 g/mol. The molecular weight excluding hydrogens is 198 g/mol. The van der Waals surface area contributed by atoms with Crippen molar-refractivity contribution in [2.45, 2.75) is 12.8 Å². The first-order chi connectivity index (χ1) is 7.79. The van der Waals surface area contributed by atoms with Crippen LogP contribution in [0.15, 0.2) is 42.5 Å². The Morgan fingerprint density at radius 1 is 1.12 bits per heavy atom. The van der Waals surface area contributed by atoms with Crippen LogP contribution >= 0.6 is 0 Å². The fourth-order valence-electron chi connectivity index (χ4n) is 1.73. The SMILES string of the molecule is N#CCC(=O)Cc1ccc2ccccc2c1. The van der Waals surface area contributed by atoms with Crippen molar-refractivity contribution in [1.82, 2.24) is 0 Å². The molecule has 0 bridgehead atoms. The average molecular weight is 209 g/mol. The van der Waals surface area contributed by atoms with E-state index in [-0.39, 0.29) is 12.2 Å². The Bertz CT molecular complexity index is 566. The second-order valence-electron chi connectivity index (χ2n) is 3.73. The molecule has 0 spiro atoms. The van der Waals surface area contributed by atoms with Crippen molar-refractivity contribution in [3.63, 3.8) is 0 Å². The molecule has 2 rings (SSSR count). The molecule has 0 saturated carbocycles. The number of carbonyl (C=O) groups excluding carboxylic acids is 1. The van der Waals surface area contributed by atoms with Gasteiger partial charge in [0.05, 0.1) is 12.5 Å². The van der Waals surface area contributed by atoms with E-state index in [0.29, 0.717) is 6.42 Å². The van der Waals surface area contributed by atoms with Crippen LogP contribution in [0.5, 0.6) is 0 Å². The number of carbonyl (C=O) groups is 1. The van der Waals surface area contributed by atoms with E-state index >= 15 is 0 Å². The maximum atomic E-state index is 11.3. The standard InChI is InChI=1S/C14H11NO/c15-8-7-14(16)10-11-5-6-12-3-1-2-4-13(12)9-11/h1-6,9H,7,10H2. The van der Waals surface area contributed by atoms with Crippen LogP contribution in [0.1, 0.15) is 12.0 Å². The van der Waals surface area contributed by atoms with Crippen LogP contribution in [0.25, 0.3) is 10.8 Å². The third-order valence-electron chi connectivity index (χ3n) is 2.49. The molecule has 0 saturated heterocycles. The largest absolute Gasteiger partial charge is 0.298 e. The summed E-state index contributed by atoms with van der Waals surface area (Å²) < 4.78 is 0. The normalized spacial score (nSPS) is 9.94. The van der Waals surface area contributed by atoms with Crippen molar-refractivity contribution in [2.24, 2.45) is 0 Å². The minimum absolute atomic E-state index is 0.00712. The Hall–Kier alpha value is -2.14. The van der Waals surface area contributed by atoms with Gasteiger partial charge in [0.25, 0.3) is 0 Å². The number of benzene rings is 2. The van der Waals surface area contributed by atoms with Crippen LogP contribution in [0.3, 0.4) is 0 Å². The Morgan fingerprint density at radius 2 is 1.88 bits per heavy atom. The molecule has 78 valence electrons. The third kappa shape index (κ3) is 2.26. The molecule has 0 fully saturated rings. The van der Waals surface area contributed by atoms with Crippen molar-refractivity contribution in [2.75, 3.05) is 0 Å². The molecule has 2 nitrogen and oxygen atoms in total. The lowest BCUT2D eigenvalue weighted by Gasteiger charge is -2.01. The molecule has 2 heteroatoms. The van der Waals surface area contributed by atoms with Gasteiger partial charge in [-0.15, -0.1) is 0 Å². The number of fused-ring (bicyclic) bond motifs is 1. The fourth-order valence-corrected chi connectivity index (χ4v) is 1.73. The molecule has 0 aliphatic rings. The first kappa shape index (κ1) is 10.4. The first-order valence-electron chi connectivity index (χ1n) is 5.16.